The van der Waals surface area contributed by atoms with Crippen LogP contribution in [0.25, 0.3) is 6.08 Å². The molecular formula is C23H22ClN3O3S. The first-order chi connectivity index (χ1) is 15.0. The summed E-state index contributed by atoms with van der Waals surface area (Å²) < 4.78 is 0.716. The number of piperazine rings is 1. The molecule has 4 rings (SSSR count). The molecule has 0 aliphatic carbocycles. The number of halogens is 1. The Morgan fingerprint density at radius 2 is 1.77 bits per heavy atom. The lowest BCUT2D eigenvalue weighted by Gasteiger charge is -2.33. The molecule has 1 N–H and O–H groups in total. The van der Waals surface area contributed by atoms with Crippen molar-refractivity contribution in [2.24, 2.45) is 0 Å². The van der Waals surface area contributed by atoms with Crippen LogP contribution in [0.4, 0.5) is 0 Å². The number of benzene rings is 1. The summed E-state index contributed by atoms with van der Waals surface area (Å²) in [7, 11) is 0. The molecule has 2 aliphatic heterocycles. The van der Waals surface area contributed by atoms with Gasteiger partial charge in [-0.2, -0.15) is 0 Å². The molecule has 3 heterocycles. The van der Waals surface area contributed by atoms with E-state index in [0.717, 1.165) is 21.1 Å². The van der Waals surface area contributed by atoms with Gasteiger partial charge in [-0.15, -0.1) is 11.3 Å². The lowest BCUT2D eigenvalue weighted by Crippen LogP contribution is -2.53. The zero-order valence-corrected chi connectivity index (χ0v) is 18.3. The summed E-state index contributed by atoms with van der Waals surface area (Å²) in [6.07, 6.45) is 10.9. The molecule has 2 aromatic rings. The summed E-state index contributed by atoms with van der Waals surface area (Å²) in [5.74, 6) is -0.962. The number of hydrogen-bond donors (Lipinski definition) is 1. The average molecular weight is 456 g/mol. The van der Waals surface area contributed by atoms with E-state index in [9.17, 15) is 14.8 Å². The van der Waals surface area contributed by atoms with Crippen molar-refractivity contribution in [2.75, 3.05) is 19.6 Å². The van der Waals surface area contributed by atoms with E-state index in [1.54, 1.807) is 22.1 Å². The Kier molecular flexibility index (Phi) is 6.56. The van der Waals surface area contributed by atoms with Gasteiger partial charge in [0.2, 0.25) is 0 Å². The van der Waals surface area contributed by atoms with Crippen molar-refractivity contribution >= 4 is 40.8 Å². The van der Waals surface area contributed by atoms with Gasteiger partial charge in [-0.1, -0.05) is 54.1 Å². The molecule has 160 valence electrons. The van der Waals surface area contributed by atoms with Gasteiger partial charge in [0, 0.05) is 37.3 Å². The molecule has 2 amide bonds. The molecule has 0 bridgehead atoms. The molecule has 1 saturated heterocycles. The Labute approximate surface area is 189 Å². The van der Waals surface area contributed by atoms with E-state index in [2.05, 4.69) is 0 Å². The fourth-order valence-electron chi connectivity index (χ4n) is 3.55. The SMILES string of the molecule is O=C1C(=O)N(Cc2ccc(C3C=CC=CN3O)cc2)CCN1C/C=C/c1ccc(Cl)s1. The first-order valence-electron chi connectivity index (χ1n) is 9.92. The van der Waals surface area contributed by atoms with E-state index in [0.29, 0.717) is 30.5 Å². The molecule has 1 unspecified atom stereocenters. The largest absolute Gasteiger partial charge is 0.329 e. The summed E-state index contributed by atoms with van der Waals surface area (Å²) in [5, 5.41) is 11.1. The lowest BCUT2D eigenvalue weighted by atomic mass is 10.0. The van der Waals surface area contributed by atoms with Gasteiger partial charge < -0.3 is 9.80 Å². The molecule has 1 fully saturated rings. The van der Waals surface area contributed by atoms with Crippen LogP contribution in [0.5, 0.6) is 0 Å². The monoisotopic (exact) mass is 455 g/mol. The van der Waals surface area contributed by atoms with Crippen molar-refractivity contribution in [3.63, 3.8) is 0 Å². The Bertz CT molecular complexity index is 1040. The highest BCUT2D eigenvalue weighted by atomic mass is 35.5. The fraction of sp³-hybridized carbons (Fsp3) is 0.217. The Morgan fingerprint density at radius 3 is 2.48 bits per heavy atom. The quantitative estimate of drug-likeness (QED) is 0.666. The van der Waals surface area contributed by atoms with Gasteiger partial charge in [0.1, 0.15) is 0 Å². The Morgan fingerprint density at radius 1 is 1.03 bits per heavy atom. The molecule has 0 saturated carbocycles. The van der Waals surface area contributed by atoms with Crippen molar-refractivity contribution < 1.29 is 14.8 Å². The third-order valence-corrected chi connectivity index (χ3v) is 6.42. The zero-order valence-electron chi connectivity index (χ0n) is 16.7. The minimum absolute atomic E-state index is 0.232. The number of carbonyl (C=O) groups excluding carboxylic acids is 2. The van der Waals surface area contributed by atoms with E-state index < -0.39 is 11.8 Å². The standard InChI is InChI=1S/C23H22ClN3O3S/c24-21-11-10-19(31-21)4-3-12-25-14-15-26(23(29)22(25)28)16-17-6-8-18(9-7-17)20-5-1-2-13-27(20)30/h1-11,13,20,30H,12,14-16H2/b4-3+. The highest BCUT2D eigenvalue weighted by Gasteiger charge is 2.31. The smallest absolute Gasteiger partial charge is 0.312 e. The molecule has 1 atom stereocenters. The first kappa shape index (κ1) is 21.4. The molecule has 31 heavy (non-hydrogen) atoms. The van der Waals surface area contributed by atoms with Gasteiger partial charge in [0.15, 0.2) is 0 Å². The van der Waals surface area contributed by atoms with Crippen LogP contribution in [0, 0.1) is 0 Å². The summed E-state index contributed by atoms with van der Waals surface area (Å²) >= 11 is 7.38. The summed E-state index contributed by atoms with van der Waals surface area (Å²) in [4.78, 5) is 29.2. The van der Waals surface area contributed by atoms with Crippen LogP contribution in [0.3, 0.4) is 0 Å². The van der Waals surface area contributed by atoms with Gasteiger partial charge in [0.05, 0.1) is 10.4 Å². The third-order valence-electron chi connectivity index (χ3n) is 5.22. The Balaban J connectivity index is 1.32. The van der Waals surface area contributed by atoms with Gasteiger partial charge in [-0.25, -0.2) is 0 Å². The Hall–Kier alpha value is -2.87. The lowest BCUT2D eigenvalue weighted by molar-refractivity contribution is -0.156. The summed E-state index contributed by atoms with van der Waals surface area (Å²) in [6.45, 7) is 1.76. The van der Waals surface area contributed by atoms with Gasteiger partial charge in [-0.3, -0.25) is 19.9 Å². The van der Waals surface area contributed by atoms with Crippen LogP contribution in [-0.4, -0.2) is 51.5 Å². The molecule has 2 aliphatic rings. The van der Waals surface area contributed by atoms with Crippen LogP contribution in [-0.2, 0) is 16.1 Å². The van der Waals surface area contributed by atoms with E-state index in [1.165, 1.54) is 11.3 Å². The molecule has 0 spiro atoms. The van der Waals surface area contributed by atoms with Crippen LogP contribution >= 0.6 is 22.9 Å². The van der Waals surface area contributed by atoms with Crippen LogP contribution in [0.1, 0.15) is 22.0 Å². The van der Waals surface area contributed by atoms with E-state index in [1.807, 2.05) is 60.7 Å². The molecule has 1 aromatic carbocycles. The normalized spacial score (nSPS) is 19.2. The average Bonchev–Trinajstić information content (AvgIpc) is 3.19. The van der Waals surface area contributed by atoms with Crippen molar-refractivity contribution in [1.82, 2.24) is 14.9 Å². The topological polar surface area (TPSA) is 64.1 Å². The van der Waals surface area contributed by atoms with Gasteiger partial charge >= 0.3 is 11.8 Å². The minimum Gasteiger partial charge on any atom is -0.329 e. The predicted molar refractivity (Wildman–Crippen MR) is 121 cm³/mol. The van der Waals surface area contributed by atoms with Crippen molar-refractivity contribution in [2.45, 2.75) is 12.6 Å². The number of allylic oxidation sites excluding steroid dienone is 2. The number of carbonyl (C=O) groups is 2. The van der Waals surface area contributed by atoms with E-state index >= 15 is 0 Å². The van der Waals surface area contributed by atoms with Crippen molar-refractivity contribution in [3.05, 3.63) is 87.2 Å². The highest BCUT2D eigenvalue weighted by Crippen LogP contribution is 2.25. The predicted octanol–water partition coefficient (Wildman–Crippen LogP) is 4.10. The summed E-state index contributed by atoms with van der Waals surface area (Å²) in [5.41, 5.74) is 1.88. The summed E-state index contributed by atoms with van der Waals surface area (Å²) in [6, 6.07) is 11.2. The molecular weight excluding hydrogens is 434 g/mol. The highest BCUT2D eigenvalue weighted by molar-refractivity contribution is 7.16. The molecule has 1 aromatic heterocycles. The third kappa shape index (κ3) is 5.07. The van der Waals surface area contributed by atoms with Crippen LogP contribution < -0.4 is 0 Å². The number of amides is 2. The maximum atomic E-state index is 12.6. The zero-order chi connectivity index (χ0) is 21.8. The molecule has 8 heteroatoms. The van der Waals surface area contributed by atoms with Crippen LogP contribution in [0.15, 0.2) is 66.9 Å². The maximum Gasteiger partial charge on any atom is 0.312 e. The first-order valence-corrected chi connectivity index (χ1v) is 11.1. The molecule has 6 nitrogen and oxygen atoms in total. The number of hydroxylamine groups is 2. The van der Waals surface area contributed by atoms with Crippen LogP contribution in [0.2, 0.25) is 4.34 Å². The van der Waals surface area contributed by atoms with E-state index in [4.69, 9.17) is 11.6 Å². The number of hydrogen-bond acceptors (Lipinski definition) is 5. The second-order valence-corrected chi connectivity index (χ2v) is 9.06. The minimum atomic E-state index is -0.482. The van der Waals surface area contributed by atoms with Gasteiger partial charge in [0.25, 0.3) is 0 Å². The van der Waals surface area contributed by atoms with Gasteiger partial charge in [-0.05, 0) is 35.4 Å². The second-order valence-electron chi connectivity index (χ2n) is 7.31. The maximum absolute atomic E-state index is 12.6. The van der Waals surface area contributed by atoms with E-state index in [-0.39, 0.29) is 6.04 Å². The van der Waals surface area contributed by atoms with Crippen molar-refractivity contribution in [3.8, 4) is 0 Å². The fourth-order valence-corrected chi connectivity index (χ4v) is 4.54. The molecule has 0 radical (unpaired) electrons. The second kappa shape index (κ2) is 9.51. The number of thiophene rings is 1. The number of rotatable bonds is 6. The van der Waals surface area contributed by atoms with Crippen molar-refractivity contribution in [1.29, 1.82) is 0 Å². The number of nitrogens with zero attached hydrogens (tertiary/aromatic N) is 3.